The third-order valence-electron chi connectivity index (χ3n) is 3.97. The number of methoxy groups -OCH3 is 2. The molecule has 0 aromatic heterocycles. The Labute approximate surface area is 153 Å². The molecule has 0 fully saturated rings. The number of hydrogen-bond acceptors (Lipinski definition) is 4. The highest BCUT2D eigenvalue weighted by atomic mass is 16.5. The Morgan fingerprint density at radius 2 is 1.58 bits per heavy atom. The predicted octanol–water partition coefficient (Wildman–Crippen LogP) is 1.86. The Kier molecular flexibility index (Phi) is 7.64. The van der Waals surface area contributed by atoms with Crippen LogP contribution in [0.5, 0.6) is 5.75 Å². The third-order valence-corrected chi connectivity index (χ3v) is 3.97. The van der Waals surface area contributed by atoms with Crippen molar-refractivity contribution in [2.45, 2.75) is 12.5 Å². The van der Waals surface area contributed by atoms with Crippen LogP contribution in [0.25, 0.3) is 0 Å². The second-order valence-corrected chi connectivity index (χ2v) is 5.67. The molecule has 0 aliphatic rings. The summed E-state index contributed by atoms with van der Waals surface area (Å²) in [7, 11) is 3.12. The summed E-state index contributed by atoms with van der Waals surface area (Å²) in [5, 5.41) is 5.22. The first-order valence-corrected chi connectivity index (χ1v) is 8.41. The summed E-state index contributed by atoms with van der Waals surface area (Å²) in [4.78, 5) is 23.9. The minimum absolute atomic E-state index is 0.168. The molecule has 26 heavy (non-hydrogen) atoms. The fraction of sp³-hybridized carbons (Fsp3) is 0.300. The molecule has 0 spiro atoms. The number of benzene rings is 2. The fourth-order valence-electron chi connectivity index (χ4n) is 2.56. The molecule has 0 saturated carbocycles. The molecule has 0 radical (unpaired) electrons. The molecular weight excluding hydrogens is 332 g/mol. The van der Waals surface area contributed by atoms with Crippen molar-refractivity contribution in [3.63, 3.8) is 0 Å². The maximum absolute atomic E-state index is 12.0. The van der Waals surface area contributed by atoms with Crippen molar-refractivity contribution in [2.24, 2.45) is 0 Å². The molecule has 6 heteroatoms. The first-order valence-electron chi connectivity index (χ1n) is 8.41. The molecule has 0 bridgehead atoms. The maximum Gasteiger partial charge on any atom is 0.309 e. The van der Waals surface area contributed by atoms with Crippen LogP contribution in [0.4, 0.5) is 0 Å². The molecule has 0 saturated heterocycles. The van der Waals surface area contributed by atoms with Gasteiger partial charge in [-0.25, -0.2) is 0 Å². The van der Waals surface area contributed by atoms with Gasteiger partial charge in [0.05, 0.1) is 7.11 Å². The molecule has 1 unspecified atom stereocenters. The zero-order valence-corrected chi connectivity index (χ0v) is 15.0. The first-order chi connectivity index (χ1) is 12.7. The SMILES string of the molecule is COc1ccccc1C(CNC(=O)C(=O)NCCc1ccccc1)OC. The van der Waals surface area contributed by atoms with Gasteiger partial charge < -0.3 is 20.1 Å². The van der Waals surface area contributed by atoms with E-state index in [1.165, 1.54) is 0 Å². The molecule has 6 nitrogen and oxygen atoms in total. The van der Waals surface area contributed by atoms with Crippen LogP contribution in [0.2, 0.25) is 0 Å². The van der Waals surface area contributed by atoms with Crippen LogP contribution in [-0.4, -0.2) is 39.1 Å². The number of nitrogens with one attached hydrogen (secondary N) is 2. The number of carbonyl (C=O) groups is 2. The van der Waals surface area contributed by atoms with Crippen molar-refractivity contribution in [3.05, 3.63) is 65.7 Å². The molecule has 0 aliphatic heterocycles. The Hall–Kier alpha value is -2.86. The minimum atomic E-state index is -0.685. The molecule has 2 N–H and O–H groups in total. The van der Waals surface area contributed by atoms with Gasteiger partial charge in [0.1, 0.15) is 11.9 Å². The van der Waals surface area contributed by atoms with E-state index in [0.717, 1.165) is 11.1 Å². The standard InChI is InChI=1S/C20H24N2O4/c1-25-17-11-7-6-10-16(17)18(26-2)14-22-20(24)19(23)21-13-12-15-8-4-3-5-9-15/h3-11,18H,12-14H2,1-2H3,(H,21,23)(H,22,24). The number of rotatable bonds is 8. The summed E-state index contributed by atoms with van der Waals surface area (Å²) >= 11 is 0. The lowest BCUT2D eigenvalue weighted by atomic mass is 10.1. The molecular formula is C20H24N2O4. The quantitative estimate of drug-likeness (QED) is 0.708. The predicted molar refractivity (Wildman–Crippen MR) is 98.9 cm³/mol. The topological polar surface area (TPSA) is 76.7 Å². The lowest BCUT2D eigenvalue weighted by molar-refractivity contribution is -0.139. The van der Waals surface area contributed by atoms with E-state index in [9.17, 15) is 9.59 Å². The number of amides is 2. The lowest BCUT2D eigenvalue weighted by Crippen LogP contribution is -2.42. The van der Waals surface area contributed by atoms with Crippen molar-refractivity contribution in [1.29, 1.82) is 0 Å². The molecule has 1 atom stereocenters. The Morgan fingerprint density at radius 3 is 2.27 bits per heavy atom. The number of carbonyl (C=O) groups excluding carboxylic acids is 2. The van der Waals surface area contributed by atoms with Gasteiger partial charge in [0, 0.05) is 25.8 Å². The van der Waals surface area contributed by atoms with Gasteiger partial charge in [0.2, 0.25) is 0 Å². The second kappa shape index (κ2) is 10.2. The monoisotopic (exact) mass is 356 g/mol. The van der Waals surface area contributed by atoms with Gasteiger partial charge in [-0.2, -0.15) is 0 Å². The molecule has 2 aromatic carbocycles. The smallest absolute Gasteiger partial charge is 0.309 e. The van der Waals surface area contributed by atoms with Crippen LogP contribution in [0, 0.1) is 0 Å². The van der Waals surface area contributed by atoms with E-state index >= 15 is 0 Å². The van der Waals surface area contributed by atoms with Gasteiger partial charge in [-0.15, -0.1) is 0 Å². The maximum atomic E-state index is 12.0. The lowest BCUT2D eigenvalue weighted by Gasteiger charge is -2.18. The van der Waals surface area contributed by atoms with Crippen LogP contribution in [0.1, 0.15) is 17.2 Å². The van der Waals surface area contributed by atoms with Crippen LogP contribution in [-0.2, 0) is 20.7 Å². The van der Waals surface area contributed by atoms with E-state index in [-0.39, 0.29) is 6.54 Å². The van der Waals surface area contributed by atoms with Crippen LogP contribution >= 0.6 is 0 Å². The van der Waals surface area contributed by atoms with Crippen LogP contribution in [0.15, 0.2) is 54.6 Å². The summed E-state index contributed by atoms with van der Waals surface area (Å²) in [6.45, 7) is 0.568. The average Bonchev–Trinajstić information content (AvgIpc) is 2.69. The average molecular weight is 356 g/mol. The molecule has 2 amide bonds. The van der Waals surface area contributed by atoms with Crippen molar-refractivity contribution in [3.8, 4) is 5.75 Å². The third kappa shape index (κ3) is 5.60. The van der Waals surface area contributed by atoms with Crippen molar-refractivity contribution in [1.82, 2.24) is 10.6 Å². The number of ether oxygens (including phenoxy) is 2. The normalized spacial score (nSPS) is 11.5. The van der Waals surface area contributed by atoms with Gasteiger partial charge >= 0.3 is 11.8 Å². The van der Waals surface area contributed by atoms with Crippen molar-refractivity contribution >= 4 is 11.8 Å². The molecule has 0 heterocycles. The summed E-state index contributed by atoms with van der Waals surface area (Å²) in [6, 6.07) is 17.2. The van der Waals surface area contributed by atoms with E-state index in [2.05, 4.69) is 10.6 Å². The van der Waals surface area contributed by atoms with E-state index in [0.29, 0.717) is 18.7 Å². The van der Waals surface area contributed by atoms with E-state index < -0.39 is 17.9 Å². The largest absolute Gasteiger partial charge is 0.496 e. The summed E-state index contributed by atoms with van der Waals surface area (Å²) in [5.41, 5.74) is 1.91. The zero-order valence-electron chi connectivity index (χ0n) is 15.0. The summed E-state index contributed by atoms with van der Waals surface area (Å²) in [5.74, 6) is -0.674. The van der Waals surface area contributed by atoms with E-state index in [1.54, 1.807) is 14.2 Å². The van der Waals surface area contributed by atoms with Crippen LogP contribution in [0.3, 0.4) is 0 Å². The number of hydrogen-bond donors (Lipinski definition) is 2. The second-order valence-electron chi connectivity index (χ2n) is 5.67. The van der Waals surface area contributed by atoms with Gasteiger partial charge in [-0.05, 0) is 18.1 Å². The van der Waals surface area contributed by atoms with Gasteiger partial charge in [-0.3, -0.25) is 9.59 Å². The fourth-order valence-corrected chi connectivity index (χ4v) is 2.56. The van der Waals surface area contributed by atoms with E-state index in [4.69, 9.17) is 9.47 Å². The minimum Gasteiger partial charge on any atom is -0.496 e. The highest BCUT2D eigenvalue weighted by molar-refractivity contribution is 6.35. The van der Waals surface area contributed by atoms with Crippen LogP contribution < -0.4 is 15.4 Å². The Bertz CT molecular complexity index is 719. The highest BCUT2D eigenvalue weighted by Gasteiger charge is 2.19. The Balaban J connectivity index is 1.81. The number of para-hydroxylation sites is 1. The van der Waals surface area contributed by atoms with Gasteiger partial charge in [0.25, 0.3) is 0 Å². The highest BCUT2D eigenvalue weighted by Crippen LogP contribution is 2.26. The van der Waals surface area contributed by atoms with Gasteiger partial charge in [-0.1, -0.05) is 48.5 Å². The zero-order chi connectivity index (χ0) is 18.8. The molecule has 2 rings (SSSR count). The van der Waals surface area contributed by atoms with Crippen molar-refractivity contribution < 1.29 is 19.1 Å². The first kappa shape index (κ1) is 19.5. The molecule has 0 aliphatic carbocycles. The summed E-state index contributed by atoms with van der Waals surface area (Å²) < 4.78 is 10.7. The summed E-state index contributed by atoms with van der Waals surface area (Å²) in [6.07, 6.45) is 0.258. The molecule has 2 aromatic rings. The molecule has 138 valence electrons. The Morgan fingerprint density at radius 1 is 0.923 bits per heavy atom. The van der Waals surface area contributed by atoms with Crippen molar-refractivity contribution in [2.75, 3.05) is 27.3 Å². The van der Waals surface area contributed by atoms with E-state index in [1.807, 2.05) is 54.6 Å². The van der Waals surface area contributed by atoms with Gasteiger partial charge in [0.15, 0.2) is 0 Å².